The quantitative estimate of drug-likeness (QED) is 0.888. The molecule has 5 nitrogen and oxygen atoms in total. The third kappa shape index (κ3) is 4.35. The Morgan fingerprint density at radius 3 is 2.92 bits per heavy atom. The molecule has 1 aliphatic carbocycles. The number of hydrogen-bond acceptors (Lipinski definition) is 3. The van der Waals surface area contributed by atoms with Crippen molar-refractivity contribution >= 4 is 23.2 Å². The van der Waals surface area contributed by atoms with Crippen molar-refractivity contribution in [1.82, 2.24) is 0 Å². The number of carbonyl (C=O) groups excluding carboxylic acids is 2. The molecule has 3 rings (SSSR count). The van der Waals surface area contributed by atoms with Crippen molar-refractivity contribution in [1.29, 1.82) is 0 Å². The van der Waals surface area contributed by atoms with Gasteiger partial charge >= 0.3 is 0 Å². The Kier molecular flexibility index (Phi) is 5.51. The van der Waals surface area contributed by atoms with E-state index in [0.29, 0.717) is 12.3 Å². The number of aryl methyl sites for hydroxylation is 1. The molecule has 0 spiro atoms. The largest absolute Gasteiger partial charge is 0.368 e. The third-order valence-electron chi connectivity index (χ3n) is 4.97. The number of carbonyl (C=O) groups is 2. The summed E-state index contributed by atoms with van der Waals surface area (Å²) in [5.74, 6) is 0.466. The summed E-state index contributed by atoms with van der Waals surface area (Å²) in [5.41, 5.74) is 2.68. The minimum absolute atomic E-state index is 0.0561. The number of anilines is 2. The van der Waals surface area contributed by atoms with Gasteiger partial charge in [0.15, 0.2) is 0 Å². The van der Waals surface area contributed by atoms with Crippen LogP contribution in [0.3, 0.4) is 0 Å². The molecule has 0 radical (unpaired) electrons. The van der Waals surface area contributed by atoms with Crippen LogP contribution in [0.5, 0.6) is 0 Å². The van der Waals surface area contributed by atoms with E-state index in [-0.39, 0.29) is 24.5 Å². The van der Waals surface area contributed by atoms with E-state index in [1.807, 2.05) is 18.2 Å². The highest BCUT2D eigenvalue weighted by atomic mass is 16.5. The SMILES string of the molecule is C[C@@H]1CCCC[C@H]1OCC(=O)Nc1ccc2c(c1)CCCC(=O)N2. The number of benzene rings is 1. The van der Waals surface area contributed by atoms with Crippen LogP contribution in [-0.2, 0) is 20.7 Å². The molecule has 1 heterocycles. The van der Waals surface area contributed by atoms with E-state index in [1.54, 1.807) is 0 Å². The van der Waals surface area contributed by atoms with Gasteiger partial charge in [-0.15, -0.1) is 0 Å². The number of amides is 2. The molecule has 1 aliphatic heterocycles. The normalized spacial score (nSPS) is 23.8. The highest BCUT2D eigenvalue weighted by molar-refractivity contribution is 5.94. The van der Waals surface area contributed by atoms with Crippen LogP contribution < -0.4 is 10.6 Å². The maximum atomic E-state index is 12.1. The summed E-state index contributed by atoms with van der Waals surface area (Å²) in [6.07, 6.45) is 7.10. The van der Waals surface area contributed by atoms with Crippen molar-refractivity contribution in [2.75, 3.05) is 17.2 Å². The number of hydrogen-bond donors (Lipinski definition) is 2. The van der Waals surface area contributed by atoms with Gasteiger partial charge in [-0.2, -0.15) is 0 Å². The Hall–Kier alpha value is -1.88. The van der Waals surface area contributed by atoms with Crippen molar-refractivity contribution in [2.45, 2.75) is 58.0 Å². The van der Waals surface area contributed by atoms with Gasteiger partial charge in [0.1, 0.15) is 6.61 Å². The molecule has 2 amide bonds. The van der Waals surface area contributed by atoms with E-state index < -0.39 is 0 Å². The summed E-state index contributed by atoms with van der Waals surface area (Å²) in [7, 11) is 0. The fraction of sp³-hybridized carbons (Fsp3) is 0.579. The fourth-order valence-corrected chi connectivity index (χ4v) is 3.56. The second-order valence-electron chi connectivity index (χ2n) is 6.93. The lowest BCUT2D eigenvalue weighted by Gasteiger charge is -2.28. The summed E-state index contributed by atoms with van der Waals surface area (Å²) in [6.45, 7) is 2.30. The summed E-state index contributed by atoms with van der Waals surface area (Å²) < 4.78 is 5.81. The van der Waals surface area contributed by atoms with Crippen LogP contribution >= 0.6 is 0 Å². The Bertz CT molecular complexity index is 615. The van der Waals surface area contributed by atoms with Gasteiger partial charge in [-0.25, -0.2) is 0 Å². The zero-order valence-electron chi connectivity index (χ0n) is 14.3. The molecule has 0 unspecified atom stereocenters. The van der Waals surface area contributed by atoms with Gasteiger partial charge in [0.05, 0.1) is 6.10 Å². The molecule has 1 fully saturated rings. The molecule has 130 valence electrons. The van der Waals surface area contributed by atoms with Crippen molar-refractivity contribution in [2.24, 2.45) is 5.92 Å². The average molecular weight is 330 g/mol. The Morgan fingerprint density at radius 2 is 2.08 bits per heavy atom. The standard InChI is InChI=1S/C19H26N2O3/c1-13-5-2-3-7-17(13)24-12-19(23)20-15-9-10-16-14(11-15)6-4-8-18(22)21-16/h9-11,13,17H,2-8,12H2,1H3,(H,20,23)(H,21,22)/t13-,17-/m1/s1. The smallest absolute Gasteiger partial charge is 0.250 e. The number of rotatable bonds is 4. The predicted molar refractivity (Wildman–Crippen MR) is 94.0 cm³/mol. The van der Waals surface area contributed by atoms with E-state index in [0.717, 1.165) is 36.2 Å². The molecular formula is C19H26N2O3. The summed E-state index contributed by atoms with van der Waals surface area (Å²) in [6, 6.07) is 5.63. The van der Waals surface area contributed by atoms with E-state index in [4.69, 9.17) is 4.74 Å². The topological polar surface area (TPSA) is 67.4 Å². The first-order valence-electron chi connectivity index (χ1n) is 8.96. The lowest BCUT2D eigenvalue weighted by molar-refractivity contribution is -0.124. The lowest BCUT2D eigenvalue weighted by Crippen LogP contribution is -2.29. The van der Waals surface area contributed by atoms with Gasteiger partial charge in [-0.05, 0) is 55.4 Å². The molecule has 0 aromatic heterocycles. The maximum Gasteiger partial charge on any atom is 0.250 e. The van der Waals surface area contributed by atoms with E-state index in [2.05, 4.69) is 17.6 Å². The van der Waals surface area contributed by atoms with Gasteiger partial charge in [0, 0.05) is 17.8 Å². The van der Waals surface area contributed by atoms with Crippen LogP contribution in [-0.4, -0.2) is 24.5 Å². The molecule has 0 saturated heterocycles. The zero-order valence-corrected chi connectivity index (χ0v) is 14.3. The molecular weight excluding hydrogens is 304 g/mol. The summed E-state index contributed by atoms with van der Waals surface area (Å²) in [5, 5.41) is 5.80. The molecule has 0 bridgehead atoms. The van der Waals surface area contributed by atoms with Gasteiger partial charge in [0.25, 0.3) is 0 Å². The summed E-state index contributed by atoms with van der Waals surface area (Å²) >= 11 is 0. The fourth-order valence-electron chi connectivity index (χ4n) is 3.56. The van der Waals surface area contributed by atoms with Crippen molar-refractivity contribution < 1.29 is 14.3 Å². The van der Waals surface area contributed by atoms with Gasteiger partial charge < -0.3 is 15.4 Å². The number of fused-ring (bicyclic) bond motifs is 1. The maximum absolute atomic E-state index is 12.1. The second kappa shape index (κ2) is 7.79. The van der Waals surface area contributed by atoms with E-state index >= 15 is 0 Å². The molecule has 24 heavy (non-hydrogen) atoms. The van der Waals surface area contributed by atoms with Gasteiger partial charge in [-0.1, -0.05) is 19.8 Å². The number of nitrogens with one attached hydrogen (secondary N) is 2. The van der Waals surface area contributed by atoms with E-state index in [1.165, 1.54) is 19.3 Å². The lowest BCUT2D eigenvalue weighted by atomic mass is 9.88. The molecule has 1 aromatic rings. The van der Waals surface area contributed by atoms with Crippen molar-refractivity contribution in [3.63, 3.8) is 0 Å². The van der Waals surface area contributed by atoms with Crippen LogP contribution in [0.15, 0.2) is 18.2 Å². The van der Waals surface area contributed by atoms with Gasteiger partial charge in [0.2, 0.25) is 11.8 Å². The second-order valence-corrected chi connectivity index (χ2v) is 6.93. The third-order valence-corrected chi connectivity index (χ3v) is 4.97. The monoisotopic (exact) mass is 330 g/mol. The van der Waals surface area contributed by atoms with Crippen LogP contribution in [0.2, 0.25) is 0 Å². The van der Waals surface area contributed by atoms with Crippen LogP contribution in [0.25, 0.3) is 0 Å². The van der Waals surface area contributed by atoms with Crippen LogP contribution in [0.1, 0.15) is 51.0 Å². The first-order valence-corrected chi connectivity index (χ1v) is 8.96. The predicted octanol–water partition coefficient (Wildman–Crippen LogP) is 3.50. The van der Waals surface area contributed by atoms with Crippen molar-refractivity contribution in [3.8, 4) is 0 Å². The van der Waals surface area contributed by atoms with Gasteiger partial charge in [-0.3, -0.25) is 9.59 Å². The Morgan fingerprint density at radius 1 is 1.25 bits per heavy atom. The highest BCUT2D eigenvalue weighted by Gasteiger charge is 2.22. The minimum Gasteiger partial charge on any atom is -0.368 e. The van der Waals surface area contributed by atoms with Crippen LogP contribution in [0.4, 0.5) is 11.4 Å². The Balaban J connectivity index is 1.54. The first-order chi connectivity index (χ1) is 11.6. The molecule has 5 heteroatoms. The number of ether oxygens (including phenoxy) is 1. The average Bonchev–Trinajstić information content (AvgIpc) is 2.74. The molecule has 1 aromatic carbocycles. The molecule has 2 atom stereocenters. The first kappa shape index (κ1) is 17.0. The Labute approximate surface area is 143 Å². The minimum atomic E-state index is -0.120. The highest BCUT2D eigenvalue weighted by Crippen LogP contribution is 2.27. The summed E-state index contributed by atoms with van der Waals surface area (Å²) in [4.78, 5) is 23.7. The van der Waals surface area contributed by atoms with E-state index in [9.17, 15) is 9.59 Å². The van der Waals surface area contributed by atoms with Crippen molar-refractivity contribution in [3.05, 3.63) is 23.8 Å². The molecule has 2 aliphatic rings. The zero-order chi connectivity index (χ0) is 16.9. The van der Waals surface area contributed by atoms with Crippen LogP contribution in [0, 0.1) is 5.92 Å². The molecule has 1 saturated carbocycles. The molecule has 2 N–H and O–H groups in total.